The number of ether oxygens (including phenoxy) is 1. The fourth-order valence-corrected chi connectivity index (χ4v) is 2.58. The highest BCUT2D eigenvalue weighted by Crippen LogP contribution is 2.26. The molecule has 23 heavy (non-hydrogen) atoms. The summed E-state index contributed by atoms with van der Waals surface area (Å²) in [7, 11) is 0. The summed E-state index contributed by atoms with van der Waals surface area (Å²) in [6.07, 6.45) is 5.46. The van der Waals surface area contributed by atoms with Crippen LogP contribution >= 0.6 is 0 Å². The first kappa shape index (κ1) is 15.5. The van der Waals surface area contributed by atoms with Crippen molar-refractivity contribution in [2.24, 2.45) is 0 Å². The van der Waals surface area contributed by atoms with Crippen LogP contribution in [0.2, 0.25) is 0 Å². The minimum absolute atomic E-state index is 0.269. The number of carbonyl (C=O) groups excluding carboxylic acids is 1. The highest BCUT2D eigenvalue weighted by atomic mass is 19.1. The summed E-state index contributed by atoms with van der Waals surface area (Å²) >= 11 is 0. The average Bonchev–Trinajstić information content (AvgIpc) is 2.92. The van der Waals surface area contributed by atoms with Gasteiger partial charge in [0.05, 0.1) is 5.52 Å². The lowest BCUT2D eigenvalue weighted by atomic mass is 10.0. The highest BCUT2D eigenvalue weighted by Gasteiger charge is 2.24. The number of fused-ring (bicyclic) bond motifs is 1. The second-order valence-corrected chi connectivity index (χ2v) is 6.64. The van der Waals surface area contributed by atoms with E-state index in [4.69, 9.17) is 4.74 Å². The van der Waals surface area contributed by atoms with Crippen molar-refractivity contribution >= 4 is 17.2 Å². The number of pyridine rings is 1. The van der Waals surface area contributed by atoms with Crippen molar-refractivity contribution < 1.29 is 13.9 Å². The summed E-state index contributed by atoms with van der Waals surface area (Å²) in [4.78, 5) is 13.7. The minimum Gasteiger partial charge on any atom is -0.444 e. The number of nitrogens with zero attached hydrogens (tertiary/aromatic N) is 3. The van der Waals surface area contributed by atoms with E-state index in [9.17, 15) is 9.18 Å². The Labute approximate surface area is 134 Å². The van der Waals surface area contributed by atoms with Crippen LogP contribution in [-0.2, 0) is 4.74 Å². The second-order valence-electron chi connectivity index (χ2n) is 6.64. The fourth-order valence-electron chi connectivity index (χ4n) is 2.58. The maximum Gasteiger partial charge on any atom is 0.410 e. The molecule has 0 N–H and O–H groups in total. The first-order valence-electron chi connectivity index (χ1n) is 7.64. The van der Waals surface area contributed by atoms with Crippen LogP contribution in [0.4, 0.5) is 9.18 Å². The summed E-state index contributed by atoms with van der Waals surface area (Å²) in [5.41, 5.74) is 1.63. The van der Waals surface area contributed by atoms with E-state index in [2.05, 4.69) is 5.10 Å². The Morgan fingerprint density at radius 2 is 2.17 bits per heavy atom. The van der Waals surface area contributed by atoms with Gasteiger partial charge < -0.3 is 9.64 Å². The van der Waals surface area contributed by atoms with Gasteiger partial charge in [-0.1, -0.05) is 6.08 Å². The number of amides is 1. The van der Waals surface area contributed by atoms with Crippen LogP contribution in [0.1, 0.15) is 32.8 Å². The van der Waals surface area contributed by atoms with Crippen molar-refractivity contribution in [1.29, 1.82) is 0 Å². The number of hydrogen-bond acceptors (Lipinski definition) is 3. The zero-order valence-corrected chi connectivity index (χ0v) is 13.5. The van der Waals surface area contributed by atoms with Gasteiger partial charge >= 0.3 is 6.09 Å². The molecule has 5 nitrogen and oxygen atoms in total. The van der Waals surface area contributed by atoms with Crippen LogP contribution in [-0.4, -0.2) is 39.3 Å². The normalized spacial score (nSPS) is 15.7. The molecule has 0 atom stereocenters. The topological polar surface area (TPSA) is 46.8 Å². The maximum atomic E-state index is 14.3. The summed E-state index contributed by atoms with van der Waals surface area (Å²) < 4.78 is 21.3. The van der Waals surface area contributed by atoms with E-state index < -0.39 is 5.60 Å². The Morgan fingerprint density at radius 1 is 1.39 bits per heavy atom. The molecule has 0 spiro atoms. The molecule has 0 radical (unpaired) electrons. The lowest BCUT2D eigenvalue weighted by molar-refractivity contribution is 0.0270. The number of aromatic nitrogens is 2. The SMILES string of the molecule is CC(C)(C)OC(=O)N1CC=C(c2cn3nccc3cc2F)CC1. The Balaban J connectivity index is 1.77. The molecule has 0 aromatic carbocycles. The molecule has 2 aromatic rings. The Bertz CT molecular complexity index is 774. The largest absolute Gasteiger partial charge is 0.444 e. The number of carbonyl (C=O) groups is 1. The Kier molecular flexibility index (Phi) is 3.83. The third kappa shape index (κ3) is 3.36. The van der Waals surface area contributed by atoms with E-state index in [1.54, 1.807) is 27.9 Å². The van der Waals surface area contributed by atoms with Crippen LogP contribution in [0.5, 0.6) is 0 Å². The van der Waals surface area contributed by atoms with Crippen molar-refractivity contribution in [2.75, 3.05) is 13.1 Å². The van der Waals surface area contributed by atoms with Gasteiger partial charge in [0.15, 0.2) is 0 Å². The molecule has 1 aliphatic heterocycles. The molecule has 0 saturated carbocycles. The van der Waals surface area contributed by atoms with Crippen LogP contribution in [0.3, 0.4) is 0 Å². The zero-order chi connectivity index (χ0) is 16.6. The molecule has 3 heterocycles. The summed E-state index contributed by atoms with van der Waals surface area (Å²) in [6.45, 7) is 6.44. The van der Waals surface area contributed by atoms with Gasteiger partial charge in [0, 0.05) is 37.1 Å². The van der Waals surface area contributed by atoms with Gasteiger partial charge in [-0.05, 0) is 38.8 Å². The third-order valence-electron chi connectivity index (χ3n) is 3.69. The molecule has 0 saturated heterocycles. The first-order chi connectivity index (χ1) is 10.8. The minimum atomic E-state index is -0.516. The standard InChI is InChI=1S/C17H20FN3O2/c1-17(2,3)23-16(22)20-8-5-12(6-9-20)14-11-21-13(4-7-19-21)10-15(14)18/h4-5,7,10-11H,6,8-9H2,1-3H3. The van der Waals surface area contributed by atoms with Crippen molar-refractivity contribution in [3.63, 3.8) is 0 Å². The van der Waals surface area contributed by atoms with Gasteiger partial charge in [0.1, 0.15) is 11.4 Å². The molecular weight excluding hydrogens is 297 g/mol. The summed E-state index contributed by atoms with van der Waals surface area (Å²) in [5, 5.41) is 4.14. The number of rotatable bonds is 1. The van der Waals surface area contributed by atoms with Crippen LogP contribution in [0, 0.1) is 5.82 Å². The van der Waals surface area contributed by atoms with Crippen molar-refractivity contribution in [3.8, 4) is 0 Å². The molecule has 2 aromatic heterocycles. The zero-order valence-electron chi connectivity index (χ0n) is 13.5. The lowest BCUT2D eigenvalue weighted by Gasteiger charge is -2.29. The van der Waals surface area contributed by atoms with Crippen LogP contribution in [0.15, 0.2) is 30.6 Å². The smallest absolute Gasteiger partial charge is 0.410 e. The van der Waals surface area contributed by atoms with Crippen molar-refractivity contribution in [2.45, 2.75) is 32.8 Å². The average molecular weight is 317 g/mol. The quantitative estimate of drug-likeness (QED) is 0.809. The molecule has 1 aliphatic rings. The second kappa shape index (κ2) is 5.68. The monoisotopic (exact) mass is 317 g/mol. The molecule has 0 unspecified atom stereocenters. The van der Waals surface area contributed by atoms with E-state index in [1.807, 2.05) is 26.8 Å². The first-order valence-corrected chi connectivity index (χ1v) is 7.64. The molecule has 0 bridgehead atoms. The third-order valence-corrected chi connectivity index (χ3v) is 3.69. The van der Waals surface area contributed by atoms with E-state index >= 15 is 0 Å². The fraction of sp³-hybridized carbons (Fsp3) is 0.412. The Morgan fingerprint density at radius 3 is 2.83 bits per heavy atom. The molecule has 122 valence electrons. The Hall–Kier alpha value is -2.37. The van der Waals surface area contributed by atoms with Gasteiger partial charge in [0.25, 0.3) is 0 Å². The molecular formula is C17H20FN3O2. The predicted molar refractivity (Wildman–Crippen MR) is 85.6 cm³/mol. The van der Waals surface area contributed by atoms with Crippen molar-refractivity contribution in [1.82, 2.24) is 14.5 Å². The summed E-state index contributed by atoms with van der Waals surface area (Å²) in [5.74, 6) is -0.269. The number of hydrogen-bond donors (Lipinski definition) is 0. The van der Waals surface area contributed by atoms with E-state index in [1.165, 1.54) is 6.07 Å². The van der Waals surface area contributed by atoms with Gasteiger partial charge in [-0.15, -0.1) is 0 Å². The van der Waals surface area contributed by atoms with E-state index in [0.717, 1.165) is 11.1 Å². The van der Waals surface area contributed by atoms with Crippen LogP contribution in [0.25, 0.3) is 11.1 Å². The summed E-state index contributed by atoms with van der Waals surface area (Å²) in [6, 6.07) is 3.23. The van der Waals surface area contributed by atoms with Crippen LogP contribution < -0.4 is 0 Å². The lowest BCUT2D eigenvalue weighted by Crippen LogP contribution is -2.39. The number of halogens is 1. The van der Waals surface area contributed by atoms with E-state index in [0.29, 0.717) is 25.1 Å². The van der Waals surface area contributed by atoms with Gasteiger partial charge in [0.2, 0.25) is 0 Å². The molecule has 1 amide bonds. The maximum absolute atomic E-state index is 14.3. The van der Waals surface area contributed by atoms with E-state index in [-0.39, 0.29) is 11.9 Å². The molecule has 3 rings (SSSR count). The predicted octanol–water partition coefficient (Wildman–Crippen LogP) is 3.50. The molecule has 0 aliphatic carbocycles. The van der Waals surface area contributed by atoms with Gasteiger partial charge in [-0.25, -0.2) is 13.7 Å². The van der Waals surface area contributed by atoms with Gasteiger partial charge in [-0.3, -0.25) is 0 Å². The van der Waals surface area contributed by atoms with Crippen molar-refractivity contribution in [3.05, 3.63) is 42.0 Å². The highest BCUT2D eigenvalue weighted by molar-refractivity contribution is 5.73. The molecule has 6 heteroatoms. The van der Waals surface area contributed by atoms with Gasteiger partial charge in [-0.2, -0.15) is 5.10 Å². The molecule has 0 fully saturated rings.